The monoisotopic (exact) mass is 435 g/mol. The lowest BCUT2D eigenvalue weighted by molar-refractivity contribution is 0.0693. The van der Waals surface area contributed by atoms with Gasteiger partial charge in [-0.1, -0.05) is 48.5 Å². The molecule has 1 saturated heterocycles. The molecular formula is C24H25N3O3S. The average molecular weight is 436 g/mol. The molecule has 31 heavy (non-hydrogen) atoms. The molecule has 1 fully saturated rings. The van der Waals surface area contributed by atoms with Crippen LogP contribution in [0.4, 0.5) is 5.69 Å². The van der Waals surface area contributed by atoms with E-state index in [0.717, 1.165) is 11.3 Å². The second-order valence-corrected chi connectivity index (χ2v) is 9.54. The standard InChI is InChI=1S/C24H25N3O3S/c1-25(2)21-15-13-19(14-16-21)23-26(24(28)20-9-5-3-6-10-20)17-18-27(23)31(29,30)22-11-7-4-8-12-22/h3-16,23H,17-18H2,1-2H3. The third-order valence-corrected chi connectivity index (χ3v) is 7.34. The van der Waals surface area contributed by atoms with E-state index in [1.807, 2.05) is 61.5 Å². The van der Waals surface area contributed by atoms with Gasteiger partial charge in [-0.25, -0.2) is 8.42 Å². The van der Waals surface area contributed by atoms with E-state index in [1.165, 1.54) is 4.31 Å². The minimum absolute atomic E-state index is 0.187. The van der Waals surface area contributed by atoms with Crippen LogP contribution in [-0.2, 0) is 10.0 Å². The van der Waals surface area contributed by atoms with Gasteiger partial charge in [0.25, 0.3) is 5.91 Å². The lowest BCUT2D eigenvalue weighted by Gasteiger charge is -2.30. The van der Waals surface area contributed by atoms with Crippen molar-refractivity contribution in [3.05, 3.63) is 96.1 Å². The molecule has 1 aliphatic heterocycles. The van der Waals surface area contributed by atoms with Gasteiger partial charge < -0.3 is 9.80 Å². The molecule has 3 aromatic carbocycles. The molecular weight excluding hydrogens is 410 g/mol. The highest BCUT2D eigenvalue weighted by molar-refractivity contribution is 7.89. The Bertz CT molecular complexity index is 1150. The minimum atomic E-state index is -3.78. The molecule has 160 valence electrons. The van der Waals surface area contributed by atoms with Crippen molar-refractivity contribution in [2.75, 3.05) is 32.1 Å². The third-order valence-electron chi connectivity index (χ3n) is 5.47. The van der Waals surface area contributed by atoms with Gasteiger partial charge in [0.15, 0.2) is 0 Å². The number of nitrogens with zero attached hydrogens (tertiary/aromatic N) is 3. The zero-order valence-electron chi connectivity index (χ0n) is 17.5. The first-order valence-electron chi connectivity index (χ1n) is 10.1. The van der Waals surface area contributed by atoms with Crippen LogP contribution in [0.15, 0.2) is 89.8 Å². The zero-order chi connectivity index (χ0) is 22.0. The van der Waals surface area contributed by atoms with Crippen molar-refractivity contribution in [1.29, 1.82) is 0 Å². The van der Waals surface area contributed by atoms with Crippen molar-refractivity contribution in [3.8, 4) is 0 Å². The lowest BCUT2D eigenvalue weighted by atomic mass is 10.1. The highest BCUT2D eigenvalue weighted by atomic mass is 32.2. The molecule has 0 radical (unpaired) electrons. The average Bonchev–Trinajstić information content (AvgIpc) is 3.26. The number of hydrogen-bond acceptors (Lipinski definition) is 4. The number of carbonyl (C=O) groups is 1. The predicted molar refractivity (Wildman–Crippen MR) is 121 cm³/mol. The first kappa shape index (κ1) is 21.1. The first-order valence-corrected chi connectivity index (χ1v) is 11.5. The van der Waals surface area contributed by atoms with E-state index in [0.29, 0.717) is 12.1 Å². The molecule has 0 saturated carbocycles. The van der Waals surface area contributed by atoms with Crippen molar-refractivity contribution in [1.82, 2.24) is 9.21 Å². The van der Waals surface area contributed by atoms with Gasteiger partial charge in [-0.2, -0.15) is 4.31 Å². The highest BCUT2D eigenvalue weighted by Gasteiger charge is 2.43. The number of carbonyl (C=O) groups excluding carboxylic acids is 1. The normalized spacial score (nSPS) is 17.0. The second-order valence-electron chi connectivity index (χ2n) is 7.65. The van der Waals surface area contributed by atoms with E-state index >= 15 is 0 Å². The molecule has 3 aromatic rings. The number of hydrogen-bond donors (Lipinski definition) is 0. The summed E-state index contributed by atoms with van der Waals surface area (Å²) in [6, 6.07) is 25.0. The maximum atomic E-state index is 13.5. The fourth-order valence-corrected chi connectivity index (χ4v) is 5.43. The molecule has 0 bridgehead atoms. The van der Waals surface area contributed by atoms with Crippen LogP contribution in [-0.4, -0.2) is 50.7 Å². The molecule has 1 heterocycles. The Morgan fingerprint density at radius 3 is 2.00 bits per heavy atom. The molecule has 4 rings (SSSR count). The Balaban J connectivity index is 1.77. The number of sulfonamides is 1. The van der Waals surface area contributed by atoms with Crippen molar-refractivity contribution < 1.29 is 13.2 Å². The number of rotatable bonds is 5. The molecule has 1 atom stereocenters. The highest BCUT2D eigenvalue weighted by Crippen LogP contribution is 2.36. The molecule has 0 aliphatic carbocycles. The van der Waals surface area contributed by atoms with Crippen LogP contribution in [0.25, 0.3) is 0 Å². The van der Waals surface area contributed by atoms with Crippen LogP contribution in [0, 0.1) is 0 Å². The van der Waals surface area contributed by atoms with E-state index < -0.39 is 16.2 Å². The van der Waals surface area contributed by atoms with Crippen molar-refractivity contribution >= 4 is 21.6 Å². The zero-order valence-corrected chi connectivity index (χ0v) is 18.4. The predicted octanol–water partition coefficient (Wildman–Crippen LogP) is 3.60. The molecule has 0 spiro atoms. The summed E-state index contributed by atoms with van der Waals surface area (Å²) in [4.78, 5) is 17.1. The SMILES string of the molecule is CN(C)c1ccc(C2N(C(=O)c3ccccc3)CCN2S(=O)(=O)c2ccccc2)cc1. The van der Waals surface area contributed by atoms with Crippen LogP contribution >= 0.6 is 0 Å². The van der Waals surface area contributed by atoms with Crippen LogP contribution in [0.3, 0.4) is 0 Å². The Labute approximate surface area is 183 Å². The van der Waals surface area contributed by atoms with Gasteiger partial charge >= 0.3 is 0 Å². The summed E-state index contributed by atoms with van der Waals surface area (Å²) in [6.45, 7) is 0.551. The van der Waals surface area contributed by atoms with E-state index in [-0.39, 0.29) is 17.3 Å². The molecule has 0 aromatic heterocycles. The Morgan fingerprint density at radius 2 is 1.42 bits per heavy atom. The van der Waals surface area contributed by atoms with Crippen LogP contribution in [0.2, 0.25) is 0 Å². The number of amides is 1. The van der Waals surface area contributed by atoms with Gasteiger partial charge in [0, 0.05) is 38.4 Å². The summed E-state index contributed by atoms with van der Waals surface area (Å²) >= 11 is 0. The largest absolute Gasteiger partial charge is 0.378 e. The Morgan fingerprint density at radius 1 is 0.839 bits per heavy atom. The fraction of sp³-hybridized carbons (Fsp3) is 0.208. The smallest absolute Gasteiger partial charge is 0.255 e. The van der Waals surface area contributed by atoms with Crippen LogP contribution in [0.5, 0.6) is 0 Å². The van der Waals surface area contributed by atoms with Crippen LogP contribution < -0.4 is 4.90 Å². The Kier molecular flexibility index (Phi) is 5.80. The molecule has 1 aliphatic rings. The quantitative estimate of drug-likeness (QED) is 0.614. The van der Waals surface area contributed by atoms with E-state index in [1.54, 1.807) is 47.4 Å². The second kappa shape index (κ2) is 8.53. The summed E-state index contributed by atoms with van der Waals surface area (Å²) < 4.78 is 28.4. The van der Waals surface area contributed by atoms with Gasteiger partial charge in [-0.3, -0.25) is 4.79 Å². The van der Waals surface area contributed by atoms with Gasteiger partial charge in [0.2, 0.25) is 10.0 Å². The molecule has 6 nitrogen and oxygen atoms in total. The number of anilines is 1. The fourth-order valence-electron chi connectivity index (χ4n) is 3.84. The van der Waals surface area contributed by atoms with Gasteiger partial charge in [0.1, 0.15) is 6.17 Å². The summed E-state index contributed by atoms with van der Waals surface area (Å²) in [7, 11) is 0.111. The molecule has 1 unspecified atom stereocenters. The van der Waals surface area contributed by atoms with E-state index in [2.05, 4.69) is 0 Å². The van der Waals surface area contributed by atoms with Crippen molar-refractivity contribution in [2.45, 2.75) is 11.1 Å². The topological polar surface area (TPSA) is 60.9 Å². The summed E-state index contributed by atoms with van der Waals surface area (Å²) in [6.07, 6.45) is -0.714. The molecule has 1 amide bonds. The Hall–Kier alpha value is -3.16. The third kappa shape index (κ3) is 4.06. The first-order chi connectivity index (χ1) is 14.9. The lowest BCUT2D eigenvalue weighted by Crippen LogP contribution is -2.38. The molecule has 7 heteroatoms. The van der Waals surface area contributed by atoms with Crippen LogP contribution in [0.1, 0.15) is 22.1 Å². The van der Waals surface area contributed by atoms with E-state index in [4.69, 9.17) is 0 Å². The summed E-state index contributed by atoms with van der Waals surface area (Å²) in [5.74, 6) is -0.187. The van der Waals surface area contributed by atoms with E-state index in [9.17, 15) is 13.2 Å². The molecule has 0 N–H and O–H groups in total. The van der Waals surface area contributed by atoms with Gasteiger partial charge in [0.05, 0.1) is 4.90 Å². The van der Waals surface area contributed by atoms with Crippen molar-refractivity contribution in [3.63, 3.8) is 0 Å². The minimum Gasteiger partial charge on any atom is -0.378 e. The van der Waals surface area contributed by atoms with Gasteiger partial charge in [-0.05, 0) is 42.0 Å². The van der Waals surface area contributed by atoms with Crippen molar-refractivity contribution in [2.24, 2.45) is 0 Å². The summed E-state index contributed by atoms with van der Waals surface area (Å²) in [5.41, 5.74) is 2.29. The van der Waals surface area contributed by atoms with Gasteiger partial charge in [-0.15, -0.1) is 0 Å². The summed E-state index contributed by atoms with van der Waals surface area (Å²) in [5, 5.41) is 0. The number of benzene rings is 3. The maximum Gasteiger partial charge on any atom is 0.255 e. The maximum absolute atomic E-state index is 13.5.